The summed E-state index contributed by atoms with van der Waals surface area (Å²) in [7, 11) is 0. The molecule has 2 amide bonds. The lowest BCUT2D eigenvalue weighted by atomic mass is 10.0. The van der Waals surface area contributed by atoms with Crippen LogP contribution in [0.15, 0.2) is 53.8 Å². The summed E-state index contributed by atoms with van der Waals surface area (Å²) in [6, 6.07) is 8.03. The molecule has 7 nitrogen and oxygen atoms in total. The first kappa shape index (κ1) is 24.3. The number of aryl methyl sites for hydroxylation is 1. The molecule has 2 unspecified atom stereocenters. The second kappa shape index (κ2) is 12.7. The molecule has 0 aliphatic heterocycles. The Bertz CT molecular complexity index is 802. The number of aldehydes is 1. The molecule has 1 aromatic rings. The Morgan fingerprint density at radius 2 is 1.94 bits per heavy atom. The van der Waals surface area contributed by atoms with Gasteiger partial charge >= 0.3 is 0 Å². The van der Waals surface area contributed by atoms with Crippen LogP contribution < -0.4 is 16.4 Å². The molecule has 168 valence electrons. The van der Waals surface area contributed by atoms with Crippen molar-refractivity contribution < 1.29 is 19.1 Å². The smallest absolute Gasteiger partial charge is 0.242 e. The average Bonchev–Trinajstić information content (AvgIpc) is 2.75. The van der Waals surface area contributed by atoms with E-state index >= 15 is 0 Å². The van der Waals surface area contributed by atoms with Gasteiger partial charge in [-0.15, -0.1) is 0 Å². The monoisotopic (exact) mass is 427 g/mol. The Kier molecular flexibility index (Phi) is 9.97. The molecule has 31 heavy (non-hydrogen) atoms. The van der Waals surface area contributed by atoms with E-state index in [1.807, 2.05) is 50.3 Å². The first-order chi connectivity index (χ1) is 14.9. The van der Waals surface area contributed by atoms with E-state index in [2.05, 4.69) is 16.7 Å². The van der Waals surface area contributed by atoms with Gasteiger partial charge in [0.05, 0.1) is 17.9 Å². The van der Waals surface area contributed by atoms with Crippen molar-refractivity contribution in [3.63, 3.8) is 0 Å². The van der Waals surface area contributed by atoms with Crippen LogP contribution in [0.5, 0.6) is 0 Å². The zero-order valence-electron chi connectivity index (χ0n) is 18.3. The zero-order valence-corrected chi connectivity index (χ0v) is 18.3. The highest BCUT2D eigenvalue weighted by Crippen LogP contribution is 2.19. The van der Waals surface area contributed by atoms with E-state index in [1.165, 1.54) is 0 Å². The van der Waals surface area contributed by atoms with Gasteiger partial charge in [0.15, 0.2) is 0 Å². The maximum absolute atomic E-state index is 12.9. The van der Waals surface area contributed by atoms with Gasteiger partial charge in [-0.25, -0.2) is 0 Å². The SMILES string of the molecule is CC(C)OC1=CC(CNC(=O)C(CCc2ccccc2)NC(=O)C(N)CC=O)=CCC1. The first-order valence-corrected chi connectivity index (χ1v) is 10.8. The van der Waals surface area contributed by atoms with Crippen molar-refractivity contribution in [2.24, 2.45) is 5.73 Å². The van der Waals surface area contributed by atoms with Crippen LogP contribution in [-0.4, -0.2) is 42.8 Å². The molecule has 2 atom stereocenters. The number of allylic oxidation sites excluding steroid dienone is 2. The molecule has 0 aromatic heterocycles. The molecule has 1 aliphatic carbocycles. The number of nitrogens with one attached hydrogen (secondary N) is 2. The molecular formula is C24H33N3O4. The van der Waals surface area contributed by atoms with Crippen LogP contribution in [0.1, 0.15) is 45.1 Å². The number of nitrogens with two attached hydrogens (primary N) is 1. The normalized spacial score (nSPS) is 15.4. The summed E-state index contributed by atoms with van der Waals surface area (Å²) in [5, 5.41) is 5.61. The van der Waals surface area contributed by atoms with Crippen LogP contribution in [0.4, 0.5) is 0 Å². The fourth-order valence-electron chi connectivity index (χ4n) is 3.28. The molecule has 1 aliphatic rings. The summed E-state index contributed by atoms with van der Waals surface area (Å²) in [4.78, 5) is 35.8. The number of carbonyl (C=O) groups is 3. The predicted octanol–water partition coefficient (Wildman–Crippen LogP) is 2.17. The zero-order chi connectivity index (χ0) is 22.6. The minimum absolute atomic E-state index is 0.0881. The third-order valence-corrected chi connectivity index (χ3v) is 4.88. The number of ether oxygens (including phenoxy) is 1. The number of rotatable bonds is 12. The summed E-state index contributed by atoms with van der Waals surface area (Å²) < 4.78 is 5.77. The van der Waals surface area contributed by atoms with Crippen molar-refractivity contribution in [2.45, 2.75) is 64.1 Å². The molecule has 0 saturated carbocycles. The second-order valence-electron chi connectivity index (χ2n) is 7.91. The summed E-state index contributed by atoms with van der Waals surface area (Å²) in [6.07, 6.45) is 7.40. The van der Waals surface area contributed by atoms with E-state index in [0.717, 1.165) is 29.7 Å². The topological polar surface area (TPSA) is 111 Å². The fraction of sp³-hybridized carbons (Fsp3) is 0.458. The maximum Gasteiger partial charge on any atom is 0.242 e. The van der Waals surface area contributed by atoms with Crippen molar-refractivity contribution >= 4 is 18.1 Å². The minimum atomic E-state index is -0.968. The predicted molar refractivity (Wildman–Crippen MR) is 120 cm³/mol. The highest BCUT2D eigenvalue weighted by molar-refractivity contribution is 5.90. The fourth-order valence-corrected chi connectivity index (χ4v) is 3.28. The van der Waals surface area contributed by atoms with Crippen LogP contribution in [0.2, 0.25) is 0 Å². The highest BCUT2D eigenvalue weighted by Gasteiger charge is 2.23. The Labute approximate surface area is 184 Å². The van der Waals surface area contributed by atoms with E-state index in [1.54, 1.807) is 0 Å². The van der Waals surface area contributed by atoms with Gasteiger partial charge in [-0.05, 0) is 50.3 Å². The first-order valence-electron chi connectivity index (χ1n) is 10.8. The van der Waals surface area contributed by atoms with Gasteiger partial charge in [-0.2, -0.15) is 0 Å². The molecule has 0 spiro atoms. The Morgan fingerprint density at radius 1 is 1.19 bits per heavy atom. The van der Waals surface area contributed by atoms with Crippen molar-refractivity contribution in [3.8, 4) is 0 Å². The van der Waals surface area contributed by atoms with Gasteiger partial charge in [0.25, 0.3) is 0 Å². The van der Waals surface area contributed by atoms with Gasteiger partial charge in [-0.3, -0.25) is 9.59 Å². The van der Waals surface area contributed by atoms with Gasteiger partial charge in [0, 0.05) is 19.4 Å². The lowest BCUT2D eigenvalue weighted by Gasteiger charge is -2.21. The minimum Gasteiger partial charge on any atom is -0.495 e. The van der Waals surface area contributed by atoms with Gasteiger partial charge in [0.2, 0.25) is 11.8 Å². The molecule has 0 saturated heterocycles. The third kappa shape index (κ3) is 8.76. The summed E-state index contributed by atoms with van der Waals surface area (Å²) >= 11 is 0. The number of hydrogen-bond donors (Lipinski definition) is 3. The number of hydrogen-bond acceptors (Lipinski definition) is 5. The van der Waals surface area contributed by atoms with Crippen molar-refractivity contribution in [1.29, 1.82) is 0 Å². The third-order valence-electron chi connectivity index (χ3n) is 4.88. The largest absolute Gasteiger partial charge is 0.495 e. The van der Waals surface area contributed by atoms with Crippen LogP contribution in [-0.2, 0) is 25.5 Å². The Morgan fingerprint density at radius 3 is 2.61 bits per heavy atom. The van der Waals surface area contributed by atoms with E-state index < -0.39 is 18.0 Å². The van der Waals surface area contributed by atoms with Crippen LogP contribution >= 0.6 is 0 Å². The van der Waals surface area contributed by atoms with Gasteiger partial charge < -0.3 is 25.9 Å². The number of benzene rings is 1. The van der Waals surface area contributed by atoms with E-state index in [-0.39, 0.29) is 18.4 Å². The molecule has 2 rings (SSSR count). The average molecular weight is 428 g/mol. The summed E-state index contributed by atoms with van der Waals surface area (Å²) in [6.45, 7) is 4.31. The molecular weight excluding hydrogens is 394 g/mol. The van der Waals surface area contributed by atoms with Crippen LogP contribution in [0, 0.1) is 0 Å². The molecule has 7 heteroatoms. The summed E-state index contributed by atoms with van der Waals surface area (Å²) in [5.41, 5.74) is 7.77. The quantitative estimate of drug-likeness (QED) is 0.443. The lowest BCUT2D eigenvalue weighted by Crippen LogP contribution is -2.52. The number of carbonyl (C=O) groups excluding carboxylic acids is 3. The molecule has 0 fully saturated rings. The van der Waals surface area contributed by atoms with E-state index in [0.29, 0.717) is 25.7 Å². The molecule has 4 N–H and O–H groups in total. The van der Waals surface area contributed by atoms with Crippen molar-refractivity contribution in [2.75, 3.05) is 6.54 Å². The lowest BCUT2D eigenvalue weighted by molar-refractivity contribution is -0.130. The highest BCUT2D eigenvalue weighted by atomic mass is 16.5. The van der Waals surface area contributed by atoms with Gasteiger partial charge in [-0.1, -0.05) is 36.4 Å². The van der Waals surface area contributed by atoms with Crippen LogP contribution in [0.3, 0.4) is 0 Å². The standard InChI is InChI=1S/C24H33N3O4/c1-17(2)31-20-10-6-9-19(15-20)16-26-24(30)22(27-23(29)21(25)13-14-28)12-11-18-7-4-3-5-8-18/h3-5,7-9,14-15,17,21-22H,6,10-13,16,25H2,1-2H3,(H,26,30)(H,27,29). The molecule has 0 heterocycles. The van der Waals surface area contributed by atoms with Crippen molar-refractivity contribution in [3.05, 3.63) is 59.4 Å². The van der Waals surface area contributed by atoms with Crippen molar-refractivity contribution in [1.82, 2.24) is 10.6 Å². The Balaban J connectivity index is 1.99. The second-order valence-corrected chi connectivity index (χ2v) is 7.91. The van der Waals surface area contributed by atoms with E-state index in [9.17, 15) is 14.4 Å². The molecule has 0 radical (unpaired) electrons. The van der Waals surface area contributed by atoms with Gasteiger partial charge in [0.1, 0.15) is 12.3 Å². The number of amides is 2. The maximum atomic E-state index is 12.9. The molecule has 0 bridgehead atoms. The summed E-state index contributed by atoms with van der Waals surface area (Å²) in [5.74, 6) is 0.119. The van der Waals surface area contributed by atoms with E-state index in [4.69, 9.17) is 10.5 Å². The molecule has 1 aromatic carbocycles. The Hall–Kier alpha value is -2.93. The van der Waals surface area contributed by atoms with Crippen LogP contribution in [0.25, 0.3) is 0 Å².